The van der Waals surface area contributed by atoms with Crippen molar-refractivity contribution in [3.63, 3.8) is 0 Å². The Morgan fingerprint density at radius 3 is 2.00 bits per heavy atom. The van der Waals surface area contributed by atoms with E-state index in [1.165, 1.54) is 0 Å². The lowest BCUT2D eigenvalue weighted by molar-refractivity contribution is 0.441. The molecule has 0 saturated carbocycles. The van der Waals surface area contributed by atoms with Crippen LogP contribution in [-0.4, -0.2) is 8.42 Å². The molecule has 1 aromatic carbocycles. The minimum Gasteiger partial charge on any atom is -0.465 e. The summed E-state index contributed by atoms with van der Waals surface area (Å²) in [6, 6.07) is 5.22. The van der Waals surface area contributed by atoms with Crippen molar-refractivity contribution in [3.05, 3.63) is 52.0 Å². The van der Waals surface area contributed by atoms with Gasteiger partial charge in [-0.05, 0) is 75.9 Å². The zero-order valence-corrected chi connectivity index (χ0v) is 14.8. The summed E-state index contributed by atoms with van der Waals surface area (Å²) < 4.78 is 33.9. The largest absolute Gasteiger partial charge is 0.465 e. The maximum atomic E-state index is 12.8. The molecule has 0 spiro atoms. The van der Waals surface area contributed by atoms with Crippen LogP contribution in [0.2, 0.25) is 0 Å². The van der Waals surface area contributed by atoms with Crippen molar-refractivity contribution in [2.45, 2.75) is 52.5 Å². The molecule has 0 aliphatic carbocycles. The molecule has 22 heavy (non-hydrogen) atoms. The van der Waals surface area contributed by atoms with Gasteiger partial charge in [0.05, 0.1) is 10.9 Å². The third-order valence-electron chi connectivity index (χ3n) is 4.09. The number of aryl methyl sites for hydroxylation is 3. The van der Waals surface area contributed by atoms with Gasteiger partial charge in [0.2, 0.25) is 10.0 Å². The lowest BCUT2D eigenvalue weighted by atomic mass is 10.0. The molecule has 1 heterocycles. The van der Waals surface area contributed by atoms with E-state index in [4.69, 9.17) is 4.42 Å². The predicted molar refractivity (Wildman–Crippen MR) is 87.6 cm³/mol. The van der Waals surface area contributed by atoms with Crippen LogP contribution in [0.15, 0.2) is 27.5 Å². The maximum Gasteiger partial charge on any atom is 0.241 e. The van der Waals surface area contributed by atoms with Gasteiger partial charge in [-0.15, -0.1) is 0 Å². The SMILES string of the molecule is Cc1ccc(C(C)NS(=O)(=O)c2c(C)c(C)cc(C)c2C)o1. The van der Waals surface area contributed by atoms with Crippen LogP contribution < -0.4 is 4.72 Å². The molecule has 0 aliphatic heterocycles. The van der Waals surface area contributed by atoms with Crippen molar-refractivity contribution >= 4 is 10.0 Å². The Labute approximate surface area is 132 Å². The number of hydrogen-bond acceptors (Lipinski definition) is 3. The second-order valence-corrected chi connectivity index (χ2v) is 7.53. The molecule has 120 valence electrons. The summed E-state index contributed by atoms with van der Waals surface area (Å²) in [6.07, 6.45) is 0. The summed E-state index contributed by atoms with van der Waals surface area (Å²) in [7, 11) is -3.61. The highest BCUT2D eigenvalue weighted by atomic mass is 32.2. The van der Waals surface area contributed by atoms with E-state index in [0.29, 0.717) is 10.7 Å². The zero-order chi connectivity index (χ0) is 16.7. The number of sulfonamides is 1. The van der Waals surface area contributed by atoms with Gasteiger partial charge in [0.15, 0.2) is 0 Å². The fourth-order valence-corrected chi connectivity index (χ4v) is 4.45. The molecule has 1 atom stereocenters. The average molecular weight is 321 g/mol. The standard InChI is InChI=1S/C17H23NO3S/c1-10-9-11(2)14(5)17(13(10)4)22(19,20)18-15(6)16-8-7-12(3)21-16/h7-9,15,18H,1-6H3. The summed E-state index contributed by atoms with van der Waals surface area (Å²) in [5.41, 5.74) is 3.53. The van der Waals surface area contributed by atoms with Crippen LogP contribution in [0.5, 0.6) is 0 Å². The molecule has 1 unspecified atom stereocenters. The molecule has 0 radical (unpaired) electrons. The molecular weight excluding hydrogens is 298 g/mol. The first-order chi connectivity index (χ1) is 10.1. The Bertz CT molecular complexity index is 777. The lowest BCUT2D eigenvalue weighted by Crippen LogP contribution is -2.28. The molecule has 0 saturated heterocycles. The summed E-state index contributed by atoms with van der Waals surface area (Å²) in [5.74, 6) is 1.38. The number of rotatable bonds is 4. The van der Waals surface area contributed by atoms with Crippen molar-refractivity contribution in [2.24, 2.45) is 0 Å². The maximum absolute atomic E-state index is 12.8. The van der Waals surface area contributed by atoms with Crippen LogP contribution in [-0.2, 0) is 10.0 Å². The average Bonchev–Trinajstić information content (AvgIpc) is 2.83. The fraction of sp³-hybridized carbons (Fsp3) is 0.412. The molecule has 1 N–H and O–H groups in total. The van der Waals surface area contributed by atoms with Gasteiger partial charge in [0.25, 0.3) is 0 Å². The number of nitrogens with one attached hydrogen (secondary N) is 1. The van der Waals surface area contributed by atoms with Gasteiger partial charge < -0.3 is 4.42 Å². The van der Waals surface area contributed by atoms with E-state index < -0.39 is 16.1 Å². The first-order valence-corrected chi connectivity index (χ1v) is 8.78. The highest BCUT2D eigenvalue weighted by molar-refractivity contribution is 7.89. The first-order valence-electron chi connectivity index (χ1n) is 7.29. The van der Waals surface area contributed by atoms with E-state index in [1.807, 2.05) is 46.8 Å². The molecule has 2 rings (SSSR count). The van der Waals surface area contributed by atoms with Gasteiger partial charge in [-0.2, -0.15) is 0 Å². The van der Waals surface area contributed by atoms with Gasteiger partial charge in [-0.3, -0.25) is 0 Å². The molecule has 0 aliphatic rings. The van der Waals surface area contributed by atoms with Crippen molar-refractivity contribution in [1.29, 1.82) is 0 Å². The van der Waals surface area contributed by atoms with Crippen molar-refractivity contribution in [3.8, 4) is 0 Å². The van der Waals surface area contributed by atoms with Gasteiger partial charge >= 0.3 is 0 Å². The van der Waals surface area contributed by atoms with E-state index in [9.17, 15) is 8.42 Å². The number of furan rings is 1. The minimum absolute atomic E-state index is 0.375. The Morgan fingerprint density at radius 1 is 1.00 bits per heavy atom. The molecule has 1 aromatic heterocycles. The van der Waals surface area contributed by atoms with E-state index in [2.05, 4.69) is 4.72 Å². The van der Waals surface area contributed by atoms with Crippen LogP contribution in [0.1, 0.15) is 46.7 Å². The third-order valence-corrected chi connectivity index (χ3v) is 5.90. The quantitative estimate of drug-likeness (QED) is 0.930. The molecule has 2 aromatic rings. The highest BCUT2D eigenvalue weighted by Crippen LogP contribution is 2.27. The predicted octanol–water partition coefficient (Wildman–Crippen LogP) is 3.86. The zero-order valence-electron chi connectivity index (χ0n) is 13.9. The Morgan fingerprint density at radius 2 is 1.55 bits per heavy atom. The van der Waals surface area contributed by atoms with Crippen molar-refractivity contribution in [2.75, 3.05) is 0 Å². The van der Waals surface area contributed by atoms with Crippen LogP contribution >= 0.6 is 0 Å². The molecule has 0 fully saturated rings. The first kappa shape index (κ1) is 16.8. The summed E-state index contributed by atoms with van der Waals surface area (Å²) in [5, 5.41) is 0. The van der Waals surface area contributed by atoms with E-state index in [0.717, 1.165) is 28.0 Å². The minimum atomic E-state index is -3.61. The van der Waals surface area contributed by atoms with Gasteiger partial charge in [-0.25, -0.2) is 13.1 Å². The van der Waals surface area contributed by atoms with E-state index >= 15 is 0 Å². The Balaban J connectivity index is 2.43. The number of benzene rings is 1. The third kappa shape index (κ3) is 3.10. The van der Waals surface area contributed by atoms with Gasteiger partial charge in [0, 0.05) is 0 Å². The van der Waals surface area contributed by atoms with Crippen LogP contribution in [0.4, 0.5) is 0 Å². The monoisotopic (exact) mass is 321 g/mol. The lowest BCUT2D eigenvalue weighted by Gasteiger charge is -2.18. The smallest absolute Gasteiger partial charge is 0.241 e. The Hall–Kier alpha value is -1.59. The van der Waals surface area contributed by atoms with Gasteiger partial charge in [-0.1, -0.05) is 6.07 Å². The molecular formula is C17H23NO3S. The summed E-state index contributed by atoms with van der Waals surface area (Å²) in [4.78, 5) is 0.375. The van der Waals surface area contributed by atoms with E-state index in [1.54, 1.807) is 13.0 Å². The molecule has 0 bridgehead atoms. The van der Waals surface area contributed by atoms with E-state index in [-0.39, 0.29) is 0 Å². The summed E-state index contributed by atoms with van der Waals surface area (Å²) in [6.45, 7) is 11.2. The normalized spacial score (nSPS) is 13.4. The van der Waals surface area contributed by atoms with Crippen LogP contribution in [0.25, 0.3) is 0 Å². The fourth-order valence-electron chi connectivity index (χ4n) is 2.62. The topological polar surface area (TPSA) is 59.3 Å². The van der Waals surface area contributed by atoms with Crippen molar-refractivity contribution < 1.29 is 12.8 Å². The Kier molecular flexibility index (Phi) is 4.49. The second-order valence-electron chi connectivity index (χ2n) is 5.88. The molecule has 5 heteroatoms. The van der Waals surface area contributed by atoms with Crippen LogP contribution in [0, 0.1) is 34.6 Å². The summed E-state index contributed by atoms with van der Waals surface area (Å²) >= 11 is 0. The van der Waals surface area contributed by atoms with Gasteiger partial charge in [0.1, 0.15) is 11.5 Å². The van der Waals surface area contributed by atoms with Crippen molar-refractivity contribution in [1.82, 2.24) is 4.72 Å². The second kappa shape index (κ2) is 5.89. The van der Waals surface area contributed by atoms with Crippen LogP contribution in [0.3, 0.4) is 0 Å². The highest BCUT2D eigenvalue weighted by Gasteiger charge is 2.25. The molecule has 4 nitrogen and oxygen atoms in total. The number of hydrogen-bond donors (Lipinski definition) is 1. The molecule has 0 amide bonds.